The van der Waals surface area contributed by atoms with Crippen LogP contribution in [0.3, 0.4) is 0 Å². The fraction of sp³-hybridized carbons (Fsp3) is 0.500. The van der Waals surface area contributed by atoms with Crippen LogP contribution >= 0.6 is 11.6 Å². The Kier molecular flexibility index (Phi) is 5.17. The van der Waals surface area contributed by atoms with Crippen LogP contribution in [0.15, 0.2) is 18.2 Å². The molecule has 1 aromatic rings. The monoisotopic (exact) mass is 269 g/mol. The van der Waals surface area contributed by atoms with Crippen LogP contribution in [0.1, 0.15) is 42.6 Å². The molecule has 0 aliphatic carbocycles. The Labute approximate surface area is 113 Å². The van der Waals surface area contributed by atoms with Crippen LogP contribution in [0.2, 0.25) is 5.02 Å². The number of rotatable bonds is 5. The van der Waals surface area contributed by atoms with E-state index in [-0.39, 0.29) is 18.1 Å². The highest BCUT2D eigenvalue weighted by Gasteiger charge is 2.24. The lowest BCUT2D eigenvalue weighted by molar-refractivity contribution is 0.0885. The van der Waals surface area contributed by atoms with Crippen molar-refractivity contribution < 1.29 is 9.90 Å². The lowest BCUT2D eigenvalue weighted by Gasteiger charge is -2.29. The van der Waals surface area contributed by atoms with Gasteiger partial charge in [0.1, 0.15) is 0 Å². The molecule has 0 saturated heterocycles. The number of aryl methyl sites for hydroxylation is 1. The maximum atomic E-state index is 12.2. The molecule has 0 spiro atoms. The Hall–Kier alpha value is -1.06. The zero-order valence-electron chi connectivity index (χ0n) is 11.1. The minimum atomic E-state index is -0.388. The lowest BCUT2D eigenvalue weighted by Crippen LogP contribution is -2.46. The Bertz CT molecular complexity index is 434. The predicted octanol–water partition coefficient (Wildman–Crippen LogP) is 2.93. The van der Waals surface area contributed by atoms with Gasteiger partial charge >= 0.3 is 0 Å². The second-order valence-corrected chi connectivity index (χ2v) is 5.24. The number of aliphatic hydroxyl groups is 1. The molecule has 2 N–H and O–H groups in total. The van der Waals surface area contributed by atoms with E-state index in [0.29, 0.717) is 17.0 Å². The maximum Gasteiger partial charge on any atom is 0.252 e. The zero-order valence-corrected chi connectivity index (χ0v) is 11.8. The van der Waals surface area contributed by atoms with E-state index < -0.39 is 0 Å². The Morgan fingerprint density at radius 1 is 1.50 bits per heavy atom. The molecule has 100 valence electrons. The summed E-state index contributed by atoms with van der Waals surface area (Å²) in [5.41, 5.74) is 1.08. The van der Waals surface area contributed by atoms with Gasteiger partial charge in [-0.2, -0.15) is 0 Å². The van der Waals surface area contributed by atoms with Crippen molar-refractivity contribution in [1.82, 2.24) is 5.32 Å². The molecule has 4 heteroatoms. The number of carbonyl (C=O) groups excluding carboxylic acids is 1. The van der Waals surface area contributed by atoms with Crippen LogP contribution in [0.5, 0.6) is 0 Å². The SMILES string of the molecule is CCC(C)(CCO)NC(=O)c1cc(Cl)ccc1C. The van der Waals surface area contributed by atoms with Crippen molar-refractivity contribution in [2.45, 2.75) is 39.2 Å². The molecule has 1 amide bonds. The minimum absolute atomic E-state index is 0.0547. The molecule has 1 atom stereocenters. The van der Waals surface area contributed by atoms with Gasteiger partial charge in [0.2, 0.25) is 0 Å². The van der Waals surface area contributed by atoms with Crippen LogP contribution in [0.4, 0.5) is 0 Å². The van der Waals surface area contributed by atoms with Crippen molar-refractivity contribution in [3.63, 3.8) is 0 Å². The molecule has 0 radical (unpaired) electrons. The fourth-order valence-corrected chi connectivity index (χ4v) is 1.93. The topological polar surface area (TPSA) is 49.3 Å². The quantitative estimate of drug-likeness (QED) is 0.863. The van der Waals surface area contributed by atoms with Gasteiger partial charge in [0, 0.05) is 22.7 Å². The van der Waals surface area contributed by atoms with Crippen molar-refractivity contribution >= 4 is 17.5 Å². The van der Waals surface area contributed by atoms with Crippen LogP contribution in [0, 0.1) is 6.92 Å². The number of hydrogen-bond donors (Lipinski definition) is 2. The van der Waals surface area contributed by atoms with Gasteiger partial charge in [-0.1, -0.05) is 24.6 Å². The minimum Gasteiger partial charge on any atom is -0.396 e. The molecule has 0 aliphatic rings. The molecule has 0 bridgehead atoms. The average Bonchev–Trinajstić information content (AvgIpc) is 2.32. The van der Waals surface area contributed by atoms with Gasteiger partial charge in [0.25, 0.3) is 5.91 Å². The summed E-state index contributed by atoms with van der Waals surface area (Å²) in [5, 5.41) is 12.6. The molecule has 18 heavy (non-hydrogen) atoms. The molecule has 1 unspecified atom stereocenters. The first-order chi connectivity index (χ1) is 8.41. The highest BCUT2D eigenvalue weighted by atomic mass is 35.5. The third-order valence-electron chi connectivity index (χ3n) is 3.30. The Morgan fingerprint density at radius 3 is 2.72 bits per heavy atom. The van der Waals surface area contributed by atoms with E-state index in [9.17, 15) is 4.79 Å². The van der Waals surface area contributed by atoms with Gasteiger partial charge in [-0.3, -0.25) is 4.79 Å². The van der Waals surface area contributed by atoms with E-state index in [2.05, 4.69) is 5.32 Å². The largest absolute Gasteiger partial charge is 0.396 e. The van der Waals surface area contributed by atoms with Crippen molar-refractivity contribution in [2.24, 2.45) is 0 Å². The highest BCUT2D eigenvalue weighted by molar-refractivity contribution is 6.31. The first kappa shape index (κ1) is 15.0. The number of hydrogen-bond acceptors (Lipinski definition) is 2. The Morgan fingerprint density at radius 2 is 2.17 bits per heavy atom. The smallest absolute Gasteiger partial charge is 0.252 e. The molecule has 1 rings (SSSR count). The van der Waals surface area contributed by atoms with Gasteiger partial charge in [-0.25, -0.2) is 0 Å². The van der Waals surface area contributed by atoms with Crippen molar-refractivity contribution in [3.8, 4) is 0 Å². The van der Waals surface area contributed by atoms with Gasteiger partial charge in [0.15, 0.2) is 0 Å². The molecule has 0 heterocycles. The molecular formula is C14H20ClNO2. The number of amides is 1. The van der Waals surface area contributed by atoms with Crippen LogP contribution in [0.25, 0.3) is 0 Å². The summed E-state index contributed by atoms with van der Waals surface area (Å²) < 4.78 is 0. The van der Waals surface area contributed by atoms with E-state index in [1.54, 1.807) is 12.1 Å². The molecule has 3 nitrogen and oxygen atoms in total. The number of benzene rings is 1. The maximum absolute atomic E-state index is 12.2. The third kappa shape index (κ3) is 3.72. The molecule has 0 aromatic heterocycles. The fourth-order valence-electron chi connectivity index (χ4n) is 1.75. The van der Waals surface area contributed by atoms with Gasteiger partial charge in [-0.05, 0) is 44.4 Å². The van der Waals surface area contributed by atoms with Crippen molar-refractivity contribution in [3.05, 3.63) is 34.3 Å². The molecule has 1 aromatic carbocycles. The molecule has 0 fully saturated rings. The van der Waals surface area contributed by atoms with E-state index in [1.165, 1.54) is 0 Å². The zero-order chi connectivity index (χ0) is 13.8. The first-order valence-electron chi connectivity index (χ1n) is 6.11. The second-order valence-electron chi connectivity index (χ2n) is 4.80. The number of carbonyl (C=O) groups is 1. The predicted molar refractivity (Wildman–Crippen MR) is 74.1 cm³/mol. The second kappa shape index (κ2) is 6.21. The summed E-state index contributed by atoms with van der Waals surface area (Å²) in [6.07, 6.45) is 1.30. The van der Waals surface area contributed by atoms with E-state index in [0.717, 1.165) is 12.0 Å². The van der Waals surface area contributed by atoms with Crippen molar-refractivity contribution in [2.75, 3.05) is 6.61 Å². The molecule has 0 saturated carbocycles. The summed E-state index contributed by atoms with van der Waals surface area (Å²) in [4.78, 5) is 12.2. The summed E-state index contributed by atoms with van der Waals surface area (Å²) in [6, 6.07) is 5.26. The van der Waals surface area contributed by atoms with Gasteiger partial charge < -0.3 is 10.4 Å². The number of halogens is 1. The first-order valence-corrected chi connectivity index (χ1v) is 6.49. The summed E-state index contributed by atoms with van der Waals surface area (Å²) in [5.74, 6) is -0.146. The normalized spacial score (nSPS) is 14.1. The number of nitrogens with one attached hydrogen (secondary N) is 1. The third-order valence-corrected chi connectivity index (χ3v) is 3.54. The molecular weight excluding hydrogens is 250 g/mol. The standard InChI is InChI=1S/C14H20ClNO2/c1-4-14(3,7-8-17)16-13(18)12-9-11(15)6-5-10(12)2/h5-6,9,17H,4,7-8H2,1-3H3,(H,16,18). The summed E-state index contributed by atoms with van der Waals surface area (Å²) >= 11 is 5.91. The average molecular weight is 270 g/mol. The highest BCUT2D eigenvalue weighted by Crippen LogP contribution is 2.19. The van der Waals surface area contributed by atoms with Gasteiger partial charge in [-0.15, -0.1) is 0 Å². The van der Waals surface area contributed by atoms with Crippen LogP contribution in [-0.4, -0.2) is 23.2 Å². The van der Waals surface area contributed by atoms with E-state index >= 15 is 0 Å². The summed E-state index contributed by atoms with van der Waals surface area (Å²) in [7, 11) is 0. The van der Waals surface area contributed by atoms with E-state index in [1.807, 2.05) is 26.8 Å². The summed E-state index contributed by atoms with van der Waals surface area (Å²) in [6.45, 7) is 5.85. The number of aliphatic hydroxyl groups excluding tert-OH is 1. The Balaban J connectivity index is 2.90. The van der Waals surface area contributed by atoms with Crippen LogP contribution in [-0.2, 0) is 0 Å². The lowest BCUT2D eigenvalue weighted by atomic mass is 9.94. The van der Waals surface area contributed by atoms with Crippen molar-refractivity contribution in [1.29, 1.82) is 0 Å². The van der Waals surface area contributed by atoms with Gasteiger partial charge in [0.05, 0.1) is 0 Å². The molecule has 0 aliphatic heterocycles. The van der Waals surface area contributed by atoms with Crippen LogP contribution < -0.4 is 5.32 Å². The van der Waals surface area contributed by atoms with E-state index in [4.69, 9.17) is 16.7 Å².